The molecule has 0 aliphatic carbocycles. The Balaban J connectivity index is 2.38. The summed E-state index contributed by atoms with van der Waals surface area (Å²) in [7, 11) is -1.47. The van der Waals surface area contributed by atoms with E-state index in [2.05, 4.69) is 0 Å². The molecule has 2 N–H and O–H groups in total. The smallest absolute Gasteiger partial charge is 0.177 e. The van der Waals surface area contributed by atoms with Crippen molar-refractivity contribution in [1.82, 2.24) is 0 Å². The molecule has 0 unspecified atom stereocenters. The van der Waals surface area contributed by atoms with Crippen molar-refractivity contribution < 1.29 is 8.42 Å². The van der Waals surface area contributed by atoms with Crippen LogP contribution in [0.2, 0.25) is 5.02 Å². The van der Waals surface area contributed by atoms with Crippen LogP contribution in [0.4, 0.5) is 11.4 Å². The zero-order chi connectivity index (χ0) is 15.6. The van der Waals surface area contributed by atoms with Gasteiger partial charge in [-0.2, -0.15) is 0 Å². The monoisotopic (exact) mass is 324 g/mol. The molecule has 4 nitrogen and oxygen atoms in total. The normalized spacial score (nSPS) is 11.4. The quantitative estimate of drug-likeness (QED) is 0.878. The Kier molecular flexibility index (Phi) is 4.44. The highest BCUT2D eigenvalue weighted by molar-refractivity contribution is 7.90. The number of rotatable bonds is 4. The van der Waals surface area contributed by atoms with Gasteiger partial charge in [0.2, 0.25) is 0 Å². The molecule has 0 amide bonds. The summed E-state index contributed by atoms with van der Waals surface area (Å²) in [6, 6.07) is 12.2. The minimum absolute atomic E-state index is 0.299. The minimum atomic E-state index is -3.29. The fourth-order valence-electron chi connectivity index (χ4n) is 2.14. The van der Waals surface area contributed by atoms with E-state index in [1.165, 1.54) is 6.26 Å². The lowest BCUT2D eigenvalue weighted by atomic mass is 10.2. The number of hydrogen-bond donors (Lipinski definition) is 1. The van der Waals surface area contributed by atoms with Crippen LogP contribution in [-0.4, -0.2) is 21.7 Å². The van der Waals surface area contributed by atoms with E-state index >= 15 is 0 Å². The molecule has 0 spiro atoms. The van der Waals surface area contributed by atoms with Gasteiger partial charge in [0, 0.05) is 30.6 Å². The number of benzene rings is 2. The molecule has 2 aromatic carbocycles. The minimum Gasteiger partial charge on any atom is -0.399 e. The van der Waals surface area contributed by atoms with Gasteiger partial charge in [-0.25, -0.2) is 8.42 Å². The summed E-state index contributed by atoms with van der Waals surface area (Å²) in [6.45, 7) is 0.469. The Bertz CT molecular complexity index is 760. The second-order valence-corrected chi connectivity index (χ2v) is 7.34. The van der Waals surface area contributed by atoms with E-state index in [0.29, 0.717) is 27.8 Å². The van der Waals surface area contributed by atoms with Crippen molar-refractivity contribution in [1.29, 1.82) is 0 Å². The van der Waals surface area contributed by atoms with Crippen molar-refractivity contribution in [3.63, 3.8) is 0 Å². The molecule has 0 saturated carbocycles. The van der Waals surface area contributed by atoms with Crippen molar-refractivity contribution in [2.45, 2.75) is 11.4 Å². The van der Waals surface area contributed by atoms with Crippen LogP contribution in [0.15, 0.2) is 47.4 Å². The van der Waals surface area contributed by atoms with E-state index in [0.717, 1.165) is 5.56 Å². The maximum absolute atomic E-state index is 11.9. The second-order valence-electron chi connectivity index (χ2n) is 4.95. The lowest BCUT2D eigenvalue weighted by Gasteiger charge is -2.22. The van der Waals surface area contributed by atoms with Gasteiger partial charge in [0.05, 0.1) is 10.6 Å². The van der Waals surface area contributed by atoms with Crippen LogP contribution in [0.3, 0.4) is 0 Å². The maximum atomic E-state index is 11.9. The molecule has 21 heavy (non-hydrogen) atoms. The lowest BCUT2D eigenvalue weighted by Crippen LogP contribution is -2.19. The summed E-state index contributed by atoms with van der Waals surface area (Å²) in [5.41, 5.74) is 7.88. The average molecular weight is 325 g/mol. The van der Waals surface area contributed by atoms with Gasteiger partial charge >= 0.3 is 0 Å². The number of hydrogen-bond acceptors (Lipinski definition) is 4. The zero-order valence-corrected chi connectivity index (χ0v) is 13.4. The molecule has 6 heteroatoms. The fourth-order valence-corrected chi connectivity index (χ4v) is 3.25. The fraction of sp³-hybridized carbons (Fsp3) is 0.200. The van der Waals surface area contributed by atoms with Crippen molar-refractivity contribution >= 4 is 32.8 Å². The molecule has 112 valence electrons. The molecule has 0 atom stereocenters. The van der Waals surface area contributed by atoms with Crippen molar-refractivity contribution in [2.24, 2.45) is 0 Å². The highest BCUT2D eigenvalue weighted by Crippen LogP contribution is 2.27. The SMILES string of the molecule is CN(Cc1cc(N)ccc1Cl)c1ccccc1S(C)(=O)=O. The van der Waals surface area contributed by atoms with E-state index in [1.54, 1.807) is 36.4 Å². The predicted octanol–water partition coefficient (Wildman–Crippen LogP) is 2.96. The molecule has 2 rings (SSSR count). The van der Waals surface area contributed by atoms with Gasteiger partial charge in [-0.15, -0.1) is 0 Å². The third-order valence-corrected chi connectivity index (χ3v) is 4.67. The van der Waals surface area contributed by atoms with Crippen LogP contribution in [0.1, 0.15) is 5.56 Å². The summed E-state index contributed by atoms with van der Waals surface area (Å²) in [6.07, 6.45) is 1.20. The summed E-state index contributed by atoms with van der Waals surface area (Å²) in [5.74, 6) is 0. The Labute approximate surface area is 130 Å². The zero-order valence-electron chi connectivity index (χ0n) is 11.9. The average Bonchev–Trinajstić information content (AvgIpc) is 2.42. The molecule has 0 bridgehead atoms. The molecule has 0 aromatic heterocycles. The lowest BCUT2D eigenvalue weighted by molar-refractivity contribution is 0.601. The van der Waals surface area contributed by atoms with Crippen molar-refractivity contribution in [3.8, 4) is 0 Å². The highest BCUT2D eigenvalue weighted by atomic mass is 35.5. The third kappa shape index (κ3) is 3.68. The van der Waals surface area contributed by atoms with Gasteiger partial charge in [-0.3, -0.25) is 0 Å². The molecule has 0 aliphatic rings. The summed E-state index contributed by atoms with van der Waals surface area (Å²) in [5, 5.41) is 0.605. The van der Waals surface area contributed by atoms with Gasteiger partial charge < -0.3 is 10.6 Å². The first-order valence-corrected chi connectivity index (χ1v) is 8.60. The van der Waals surface area contributed by atoms with Crippen LogP contribution in [-0.2, 0) is 16.4 Å². The van der Waals surface area contributed by atoms with Gasteiger partial charge in [-0.05, 0) is 35.9 Å². The molecular formula is C15H17ClN2O2S. The van der Waals surface area contributed by atoms with Gasteiger partial charge in [0.15, 0.2) is 9.84 Å². The molecule has 0 aliphatic heterocycles. The number of halogens is 1. The molecule has 0 saturated heterocycles. The van der Waals surface area contributed by atoms with Crippen molar-refractivity contribution in [3.05, 3.63) is 53.1 Å². The number of sulfone groups is 1. The Morgan fingerprint density at radius 1 is 1.19 bits per heavy atom. The third-order valence-electron chi connectivity index (χ3n) is 3.15. The van der Waals surface area contributed by atoms with E-state index in [1.807, 2.05) is 18.0 Å². The summed E-state index contributed by atoms with van der Waals surface area (Å²) < 4.78 is 23.7. The van der Waals surface area contributed by atoms with E-state index in [9.17, 15) is 8.42 Å². The van der Waals surface area contributed by atoms with Crippen LogP contribution < -0.4 is 10.6 Å². The predicted molar refractivity (Wildman–Crippen MR) is 87.5 cm³/mol. The summed E-state index contributed by atoms with van der Waals surface area (Å²) in [4.78, 5) is 2.14. The van der Waals surface area contributed by atoms with Gasteiger partial charge in [0.1, 0.15) is 0 Å². The van der Waals surface area contributed by atoms with Crippen LogP contribution >= 0.6 is 11.6 Å². The Hall–Kier alpha value is -1.72. The number of anilines is 2. The first-order valence-electron chi connectivity index (χ1n) is 6.33. The number of para-hydroxylation sites is 1. The van der Waals surface area contributed by atoms with E-state index < -0.39 is 9.84 Å². The van der Waals surface area contributed by atoms with Gasteiger partial charge in [-0.1, -0.05) is 23.7 Å². The number of nitrogen functional groups attached to an aromatic ring is 1. The molecule has 2 aromatic rings. The molecule has 0 heterocycles. The van der Waals surface area contributed by atoms with Gasteiger partial charge in [0.25, 0.3) is 0 Å². The van der Waals surface area contributed by atoms with E-state index in [4.69, 9.17) is 17.3 Å². The standard InChI is InChI=1S/C15H17ClN2O2S/c1-18(10-11-9-12(17)7-8-13(11)16)14-5-3-4-6-15(14)21(2,19)20/h3-9H,10,17H2,1-2H3. The van der Waals surface area contributed by atoms with Crippen LogP contribution in [0.25, 0.3) is 0 Å². The second kappa shape index (κ2) is 5.95. The maximum Gasteiger partial charge on any atom is 0.177 e. The topological polar surface area (TPSA) is 63.4 Å². The molecule has 0 radical (unpaired) electrons. The molecular weight excluding hydrogens is 308 g/mol. The Morgan fingerprint density at radius 2 is 1.86 bits per heavy atom. The van der Waals surface area contributed by atoms with Crippen molar-refractivity contribution in [2.75, 3.05) is 23.9 Å². The largest absolute Gasteiger partial charge is 0.399 e. The molecule has 0 fully saturated rings. The number of nitrogens with two attached hydrogens (primary N) is 1. The van der Waals surface area contributed by atoms with E-state index in [-0.39, 0.29) is 0 Å². The highest BCUT2D eigenvalue weighted by Gasteiger charge is 2.16. The summed E-state index contributed by atoms with van der Waals surface area (Å²) >= 11 is 6.16. The van der Waals surface area contributed by atoms with Crippen LogP contribution in [0.5, 0.6) is 0 Å². The first-order chi connectivity index (χ1) is 9.79. The number of nitrogens with zero attached hydrogens (tertiary/aromatic N) is 1. The Morgan fingerprint density at radius 3 is 2.52 bits per heavy atom. The first kappa shape index (κ1) is 15.7. The van der Waals surface area contributed by atoms with Crippen LogP contribution in [0, 0.1) is 0 Å².